The van der Waals surface area contributed by atoms with E-state index < -0.39 is 0 Å². The van der Waals surface area contributed by atoms with Crippen LogP contribution in [-0.4, -0.2) is 10.9 Å². The normalized spacial score (nSPS) is 20.0. The van der Waals surface area contributed by atoms with Crippen LogP contribution in [0.25, 0.3) is 10.9 Å². The van der Waals surface area contributed by atoms with Gasteiger partial charge in [-0.3, -0.25) is 9.78 Å². The molecule has 0 bridgehead atoms. The smallest absolute Gasteiger partial charge is 0.224 e. The Labute approximate surface area is 154 Å². The van der Waals surface area contributed by atoms with Gasteiger partial charge in [-0.25, -0.2) is 0 Å². The fourth-order valence-corrected chi connectivity index (χ4v) is 4.15. The molecule has 0 saturated heterocycles. The maximum Gasteiger partial charge on any atom is 0.224 e. The second-order valence-corrected chi connectivity index (χ2v) is 7.25. The molecule has 1 fully saturated rings. The predicted molar refractivity (Wildman–Crippen MR) is 106 cm³/mol. The van der Waals surface area contributed by atoms with Crippen LogP contribution in [0.2, 0.25) is 0 Å². The largest absolute Gasteiger partial charge is 0.326 e. The Morgan fingerprint density at radius 3 is 2.46 bits per heavy atom. The van der Waals surface area contributed by atoms with Crippen LogP contribution in [0, 0.1) is 5.92 Å². The minimum atomic E-state index is 0.133. The van der Waals surface area contributed by atoms with Gasteiger partial charge in [0.25, 0.3) is 0 Å². The molecule has 1 aromatic heterocycles. The van der Waals surface area contributed by atoms with Crippen LogP contribution in [0.15, 0.2) is 66.9 Å². The van der Waals surface area contributed by atoms with E-state index in [0.29, 0.717) is 18.3 Å². The van der Waals surface area contributed by atoms with E-state index >= 15 is 0 Å². The highest BCUT2D eigenvalue weighted by Gasteiger charge is 2.25. The summed E-state index contributed by atoms with van der Waals surface area (Å²) in [6.07, 6.45) is 7.08. The molecular weight excluding hydrogens is 320 g/mol. The number of hydrogen-bond donors (Lipinski definition) is 1. The first-order valence-electron chi connectivity index (χ1n) is 9.48. The summed E-state index contributed by atoms with van der Waals surface area (Å²) in [4.78, 5) is 16.8. The van der Waals surface area contributed by atoms with E-state index in [9.17, 15) is 4.79 Å². The zero-order valence-electron chi connectivity index (χ0n) is 14.9. The van der Waals surface area contributed by atoms with Crippen molar-refractivity contribution in [2.75, 3.05) is 5.32 Å². The van der Waals surface area contributed by atoms with Gasteiger partial charge in [0, 0.05) is 23.7 Å². The summed E-state index contributed by atoms with van der Waals surface area (Å²) in [6.45, 7) is 0. The number of hydrogen-bond acceptors (Lipinski definition) is 2. The summed E-state index contributed by atoms with van der Waals surface area (Å²) in [5.74, 6) is 1.20. The SMILES string of the molecule is O=C(CC1CCC(c2ccnc3ccccc23)CC1)Nc1ccccc1. The molecule has 1 heterocycles. The molecule has 0 atom stereocenters. The third kappa shape index (κ3) is 3.77. The van der Waals surface area contributed by atoms with E-state index in [1.165, 1.54) is 10.9 Å². The first-order valence-corrected chi connectivity index (χ1v) is 9.48. The molecule has 3 heteroatoms. The molecule has 1 N–H and O–H groups in total. The third-order valence-corrected chi connectivity index (χ3v) is 5.50. The van der Waals surface area contributed by atoms with Gasteiger partial charge in [0.05, 0.1) is 5.52 Å². The van der Waals surface area contributed by atoms with Gasteiger partial charge in [0.1, 0.15) is 0 Å². The Hall–Kier alpha value is -2.68. The lowest BCUT2D eigenvalue weighted by Crippen LogP contribution is -2.20. The molecule has 4 rings (SSSR count). The second-order valence-electron chi connectivity index (χ2n) is 7.25. The van der Waals surface area contributed by atoms with E-state index in [-0.39, 0.29) is 5.91 Å². The van der Waals surface area contributed by atoms with E-state index in [2.05, 4.69) is 34.6 Å². The van der Waals surface area contributed by atoms with E-state index in [1.54, 1.807) is 0 Å². The third-order valence-electron chi connectivity index (χ3n) is 5.50. The minimum absolute atomic E-state index is 0.133. The van der Waals surface area contributed by atoms with Crippen LogP contribution < -0.4 is 5.32 Å². The molecule has 3 nitrogen and oxygen atoms in total. The van der Waals surface area contributed by atoms with Gasteiger partial charge in [0.15, 0.2) is 0 Å². The molecule has 2 aromatic carbocycles. The maximum absolute atomic E-state index is 12.3. The molecule has 1 amide bonds. The number of aromatic nitrogens is 1. The van der Waals surface area contributed by atoms with Crippen molar-refractivity contribution in [3.05, 3.63) is 72.4 Å². The predicted octanol–water partition coefficient (Wildman–Crippen LogP) is 5.54. The molecule has 0 unspecified atom stereocenters. The Kier molecular flexibility index (Phi) is 4.96. The molecule has 0 aliphatic heterocycles. The van der Waals surface area contributed by atoms with Gasteiger partial charge in [-0.05, 0) is 67.3 Å². The van der Waals surface area contributed by atoms with Gasteiger partial charge in [-0.2, -0.15) is 0 Å². The van der Waals surface area contributed by atoms with Crippen molar-refractivity contribution >= 4 is 22.5 Å². The summed E-state index contributed by atoms with van der Waals surface area (Å²) >= 11 is 0. The van der Waals surface area contributed by atoms with Crippen LogP contribution in [0.3, 0.4) is 0 Å². The van der Waals surface area contributed by atoms with Crippen molar-refractivity contribution < 1.29 is 4.79 Å². The van der Waals surface area contributed by atoms with Crippen molar-refractivity contribution in [1.82, 2.24) is 4.98 Å². The molecular formula is C23H24N2O. The highest BCUT2D eigenvalue weighted by atomic mass is 16.1. The number of rotatable bonds is 4. The lowest BCUT2D eigenvalue weighted by Gasteiger charge is -2.29. The van der Waals surface area contributed by atoms with Crippen molar-refractivity contribution in [3.63, 3.8) is 0 Å². The van der Waals surface area contributed by atoms with Gasteiger partial charge >= 0.3 is 0 Å². The number of carbonyl (C=O) groups is 1. The van der Waals surface area contributed by atoms with E-state index in [1.807, 2.05) is 42.6 Å². The van der Waals surface area contributed by atoms with E-state index in [0.717, 1.165) is 36.9 Å². The standard InChI is InChI=1S/C23H24N2O/c26-23(25-19-6-2-1-3-7-19)16-17-10-12-18(13-11-17)20-14-15-24-22-9-5-4-8-21(20)22/h1-9,14-15,17-18H,10-13,16H2,(H,25,26). The van der Waals surface area contributed by atoms with Crippen LogP contribution in [0.4, 0.5) is 5.69 Å². The molecule has 1 aliphatic rings. The Morgan fingerprint density at radius 1 is 0.923 bits per heavy atom. The number of pyridine rings is 1. The topological polar surface area (TPSA) is 42.0 Å². The number of fused-ring (bicyclic) bond motifs is 1. The van der Waals surface area contributed by atoms with Crippen molar-refractivity contribution in [3.8, 4) is 0 Å². The highest BCUT2D eigenvalue weighted by Crippen LogP contribution is 2.39. The van der Waals surface area contributed by atoms with Gasteiger partial charge < -0.3 is 5.32 Å². The van der Waals surface area contributed by atoms with Crippen molar-refractivity contribution in [2.24, 2.45) is 5.92 Å². The second kappa shape index (κ2) is 7.69. The Balaban J connectivity index is 1.36. The zero-order valence-corrected chi connectivity index (χ0v) is 14.9. The number of benzene rings is 2. The number of para-hydroxylation sites is 2. The maximum atomic E-state index is 12.3. The number of carbonyl (C=O) groups excluding carboxylic acids is 1. The molecule has 3 aromatic rings. The van der Waals surface area contributed by atoms with E-state index in [4.69, 9.17) is 0 Å². The van der Waals surface area contributed by atoms with Gasteiger partial charge in [-0.15, -0.1) is 0 Å². The average Bonchev–Trinajstić information content (AvgIpc) is 2.69. The first kappa shape index (κ1) is 16.8. The van der Waals surface area contributed by atoms with Gasteiger partial charge in [-0.1, -0.05) is 36.4 Å². The first-order chi connectivity index (χ1) is 12.8. The Bertz CT molecular complexity index is 878. The summed E-state index contributed by atoms with van der Waals surface area (Å²) in [5, 5.41) is 4.29. The fraction of sp³-hybridized carbons (Fsp3) is 0.304. The summed E-state index contributed by atoms with van der Waals surface area (Å²) < 4.78 is 0. The highest BCUT2D eigenvalue weighted by molar-refractivity contribution is 5.90. The quantitative estimate of drug-likeness (QED) is 0.675. The molecule has 0 radical (unpaired) electrons. The average molecular weight is 344 g/mol. The van der Waals surface area contributed by atoms with Gasteiger partial charge in [0.2, 0.25) is 5.91 Å². The monoisotopic (exact) mass is 344 g/mol. The summed E-state index contributed by atoms with van der Waals surface area (Å²) in [7, 11) is 0. The van der Waals surface area contributed by atoms with Crippen LogP contribution >= 0.6 is 0 Å². The Morgan fingerprint density at radius 2 is 1.65 bits per heavy atom. The summed E-state index contributed by atoms with van der Waals surface area (Å²) in [6, 6.07) is 20.3. The molecule has 0 spiro atoms. The zero-order chi connectivity index (χ0) is 17.8. The molecule has 1 saturated carbocycles. The van der Waals surface area contributed by atoms with Crippen molar-refractivity contribution in [2.45, 2.75) is 38.0 Å². The lowest BCUT2D eigenvalue weighted by atomic mass is 9.77. The number of nitrogens with zero attached hydrogens (tertiary/aromatic N) is 1. The molecule has 132 valence electrons. The number of nitrogens with one attached hydrogen (secondary N) is 1. The minimum Gasteiger partial charge on any atom is -0.326 e. The van der Waals surface area contributed by atoms with Crippen molar-refractivity contribution in [1.29, 1.82) is 0 Å². The van der Waals surface area contributed by atoms with Crippen LogP contribution in [0.5, 0.6) is 0 Å². The molecule has 1 aliphatic carbocycles. The van der Waals surface area contributed by atoms with Crippen LogP contribution in [0.1, 0.15) is 43.6 Å². The summed E-state index contributed by atoms with van der Waals surface area (Å²) in [5.41, 5.74) is 3.38. The number of anilines is 1. The lowest BCUT2D eigenvalue weighted by molar-refractivity contribution is -0.117. The molecule has 26 heavy (non-hydrogen) atoms. The van der Waals surface area contributed by atoms with Crippen LogP contribution in [-0.2, 0) is 4.79 Å². The fourth-order valence-electron chi connectivity index (χ4n) is 4.15. The number of amides is 1.